The Morgan fingerprint density at radius 1 is 1.32 bits per heavy atom. The molecule has 0 unspecified atom stereocenters. The second kappa shape index (κ2) is 6.89. The zero-order valence-electron chi connectivity index (χ0n) is 11.6. The molecule has 2 rings (SSSR count). The lowest BCUT2D eigenvalue weighted by molar-refractivity contribution is -0.384. The molecule has 2 aromatic rings. The molecular formula is C15H12BrClN2O3. The van der Waals surface area contributed by atoms with Crippen LogP contribution in [-0.4, -0.2) is 10.8 Å². The van der Waals surface area contributed by atoms with E-state index < -0.39 is 10.8 Å². The molecule has 2 aromatic carbocycles. The number of carbonyl (C=O) groups is 1. The molecule has 0 saturated carbocycles. The van der Waals surface area contributed by atoms with Crippen molar-refractivity contribution in [1.82, 2.24) is 0 Å². The number of hydrogen-bond donors (Lipinski definition) is 1. The summed E-state index contributed by atoms with van der Waals surface area (Å²) in [6.45, 7) is 2.04. The second-order valence-electron chi connectivity index (χ2n) is 4.54. The number of benzene rings is 2. The third-order valence-electron chi connectivity index (χ3n) is 3.10. The van der Waals surface area contributed by atoms with E-state index in [1.165, 1.54) is 12.1 Å². The van der Waals surface area contributed by atoms with Crippen molar-refractivity contribution in [3.8, 4) is 0 Å². The monoisotopic (exact) mass is 382 g/mol. The third kappa shape index (κ3) is 3.64. The minimum Gasteiger partial charge on any atom is -0.321 e. The van der Waals surface area contributed by atoms with Gasteiger partial charge in [-0.2, -0.15) is 0 Å². The minimum atomic E-state index is -0.562. The summed E-state index contributed by atoms with van der Waals surface area (Å²) in [5.74, 6) is -0.426. The van der Waals surface area contributed by atoms with Gasteiger partial charge in [0.15, 0.2) is 0 Å². The minimum absolute atomic E-state index is 0.0352. The van der Waals surface area contributed by atoms with Crippen molar-refractivity contribution >= 4 is 44.8 Å². The fraction of sp³-hybridized carbons (Fsp3) is 0.133. The van der Waals surface area contributed by atoms with Crippen LogP contribution in [0.5, 0.6) is 0 Å². The van der Waals surface area contributed by atoms with Crippen molar-refractivity contribution in [1.29, 1.82) is 0 Å². The van der Waals surface area contributed by atoms with Gasteiger partial charge in [-0.25, -0.2) is 0 Å². The zero-order valence-corrected chi connectivity index (χ0v) is 13.9. The van der Waals surface area contributed by atoms with Crippen LogP contribution in [0, 0.1) is 10.1 Å². The Balaban J connectivity index is 2.24. The number of hydrogen-bond acceptors (Lipinski definition) is 3. The van der Waals surface area contributed by atoms with Crippen molar-refractivity contribution in [2.45, 2.75) is 13.3 Å². The van der Waals surface area contributed by atoms with Gasteiger partial charge in [0, 0.05) is 16.6 Å². The first kappa shape index (κ1) is 16.5. The smallest absolute Gasteiger partial charge is 0.270 e. The Hall–Kier alpha value is -1.92. The highest BCUT2D eigenvalue weighted by atomic mass is 79.9. The van der Waals surface area contributed by atoms with E-state index in [-0.39, 0.29) is 16.3 Å². The number of rotatable bonds is 4. The second-order valence-corrected chi connectivity index (χ2v) is 5.80. The van der Waals surface area contributed by atoms with Crippen LogP contribution in [0.15, 0.2) is 40.9 Å². The predicted octanol–water partition coefficient (Wildman–Crippen LogP) is 4.83. The number of nitro groups is 1. The highest BCUT2D eigenvalue weighted by molar-refractivity contribution is 9.10. The van der Waals surface area contributed by atoms with E-state index in [2.05, 4.69) is 21.2 Å². The molecule has 7 heteroatoms. The van der Waals surface area contributed by atoms with E-state index in [0.717, 1.165) is 22.5 Å². The first-order valence-corrected chi connectivity index (χ1v) is 7.63. The van der Waals surface area contributed by atoms with Crippen LogP contribution in [-0.2, 0) is 6.42 Å². The highest BCUT2D eigenvalue weighted by Crippen LogP contribution is 2.27. The first-order chi connectivity index (χ1) is 10.4. The Bertz CT molecular complexity index is 750. The molecule has 0 heterocycles. The largest absolute Gasteiger partial charge is 0.321 e. The molecule has 0 aliphatic heterocycles. The molecule has 0 aliphatic rings. The van der Waals surface area contributed by atoms with Crippen molar-refractivity contribution < 1.29 is 9.72 Å². The Morgan fingerprint density at radius 3 is 2.59 bits per heavy atom. The summed E-state index contributed by atoms with van der Waals surface area (Å²) in [7, 11) is 0. The predicted molar refractivity (Wildman–Crippen MR) is 89.6 cm³/mol. The van der Waals surface area contributed by atoms with E-state index in [1.807, 2.05) is 19.1 Å². The van der Waals surface area contributed by atoms with Gasteiger partial charge in [-0.15, -0.1) is 0 Å². The molecule has 0 radical (unpaired) electrons. The molecule has 0 atom stereocenters. The maximum Gasteiger partial charge on any atom is 0.270 e. The summed E-state index contributed by atoms with van der Waals surface area (Å²) in [6.07, 6.45) is 0.890. The number of nitrogens with one attached hydrogen (secondary N) is 1. The standard InChI is InChI=1S/C15H12BrClN2O3/c1-2-9-3-6-14(12(16)7-9)18-15(20)11-5-4-10(19(21)22)8-13(11)17/h3-8H,2H2,1H3,(H,18,20). The van der Waals surface area contributed by atoms with E-state index in [4.69, 9.17) is 11.6 Å². The lowest BCUT2D eigenvalue weighted by Crippen LogP contribution is -2.13. The van der Waals surface area contributed by atoms with Gasteiger partial charge >= 0.3 is 0 Å². The number of anilines is 1. The summed E-state index contributed by atoms with van der Waals surface area (Å²) in [5.41, 5.74) is 1.77. The molecule has 22 heavy (non-hydrogen) atoms. The van der Waals surface area contributed by atoms with Crippen LogP contribution in [0.3, 0.4) is 0 Å². The van der Waals surface area contributed by atoms with Crippen molar-refractivity contribution in [3.63, 3.8) is 0 Å². The first-order valence-electron chi connectivity index (χ1n) is 6.46. The molecule has 0 aromatic heterocycles. The molecule has 0 aliphatic carbocycles. The quantitative estimate of drug-likeness (QED) is 0.607. The highest BCUT2D eigenvalue weighted by Gasteiger charge is 2.16. The SMILES string of the molecule is CCc1ccc(NC(=O)c2ccc([N+](=O)[O-])cc2Cl)c(Br)c1. The van der Waals surface area contributed by atoms with Gasteiger partial charge in [-0.1, -0.05) is 24.6 Å². The molecule has 1 amide bonds. The molecular weight excluding hydrogens is 372 g/mol. The third-order valence-corrected chi connectivity index (χ3v) is 4.07. The fourth-order valence-corrected chi connectivity index (χ4v) is 2.66. The lowest BCUT2D eigenvalue weighted by atomic mass is 10.1. The van der Waals surface area contributed by atoms with Gasteiger partial charge in [0.25, 0.3) is 11.6 Å². The normalized spacial score (nSPS) is 10.3. The van der Waals surface area contributed by atoms with E-state index in [0.29, 0.717) is 5.69 Å². The number of non-ortho nitro benzene ring substituents is 1. The Morgan fingerprint density at radius 2 is 2.05 bits per heavy atom. The average Bonchev–Trinajstić information content (AvgIpc) is 2.48. The summed E-state index contributed by atoms with van der Waals surface area (Å²) in [5, 5.41) is 13.4. The number of halogens is 2. The molecule has 1 N–H and O–H groups in total. The van der Waals surface area contributed by atoms with Crippen LogP contribution in [0.2, 0.25) is 5.02 Å². The van der Waals surface area contributed by atoms with Crippen molar-refractivity contribution in [3.05, 3.63) is 67.1 Å². The van der Waals surface area contributed by atoms with E-state index in [1.54, 1.807) is 6.07 Å². The van der Waals surface area contributed by atoms with Gasteiger partial charge in [0.05, 0.1) is 21.2 Å². The Labute approximate surface area is 140 Å². The molecule has 5 nitrogen and oxygen atoms in total. The topological polar surface area (TPSA) is 72.2 Å². The van der Waals surface area contributed by atoms with E-state index >= 15 is 0 Å². The van der Waals surface area contributed by atoms with Gasteiger partial charge in [0.1, 0.15) is 0 Å². The van der Waals surface area contributed by atoms with Gasteiger partial charge in [0.2, 0.25) is 0 Å². The number of nitrogens with zero attached hydrogens (tertiary/aromatic N) is 1. The van der Waals surface area contributed by atoms with Crippen LogP contribution >= 0.6 is 27.5 Å². The van der Waals surface area contributed by atoms with Gasteiger partial charge < -0.3 is 5.32 Å². The molecule has 114 valence electrons. The average molecular weight is 384 g/mol. The van der Waals surface area contributed by atoms with Crippen LogP contribution in [0.1, 0.15) is 22.8 Å². The van der Waals surface area contributed by atoms with Crippen LogP contribution < -0.4 is 5.32 Å². The van der Waals surface area contributed by atoms with Gasteiger partial charge in [-0.05, 0) is 46.1 Å². The fourth-order valence-electron chi connectivity index (χ4n) is 1.87. The summed E-state index contributed by atoms with van der Waals surface area (Å²) in [4.78, 5) is 22.3. The summed E-state index contributed by atoms with van der Waals surface area (Å²) < 4.78 is 0.762. The summed E-state index contributed by atoms with van der Waals surface area (Å²) in [6, 6.07) is 9.37. The number of aryl methyl sites for hydroxylation is 1. The maximum atomic E-state index is 12.2. The molecule has 0 fully saturated rings. The lowest BCUT2D eigenvalue weighted by Gasteiger charge is -2.09. The zero-order chi connectivity index (χ0) is 16.3. The molecule has 0 bridgehead atoms. The number of carbonyl (C=O) groups excluding carboxylic acids is 1. The maximum absolute atomic E-state index is 12.2. The molecule has 0 saturated heterocycles. The molecule has 0 spiro atoms. The van der Waals surface area contributed by atoms with Crippen molar-refractivity contribution in [2.75, 3.05) is 5.32 Å². The van der Waals surface area contributed by atoms with Crippen molar-refractivity contribution in [2.24, 2.45) is 0 Å². The van der Waals surface area contributed by atoms with Crippen LogP contribution in [0.25, 0.3) is 0 Å². The Kier molecular flexibility index (Phi) is 5.15. The summed E-state index contributed by atoms with van der Waals surface area (Å²) >= 11 is 9.35. The van der Waals surface area contributed by atoms with Crippen LogP contribution in [0.4, 0.5) is 11.4 Å². The number of amides is 1. The van der Waals surface area contributed by atoms with E-state index in [9.17, 15) is 14.9 Å². The van der Waals surface area contributed by atoms with Gasteiger partial charge in [-0.3, -0.25) is 14.9 Å². The number of nitro benzene ring substituents is 1.